The van der Waals surface area contributed by atoms with Crippen LogP contribution in [0.25, 0.3) is 5.69 Å². The standard InChI is InChI=1S/C20H18F3N3O2/c1-2-18(28-15-7-4-3-5-8-15)19(27)25-17-10-9-14(26-12-6-11-24-26)13-16(17)20(21,22)23/h3-13,18H,2H2,1H3,(H,25,27)/t18-/m1/s1. The van der Waals surface area contributed by atoms with Crippen LogP contribution < -0.4 is 10.1 Å². The molecule has 0 aliphatic carbocycles. The quantitative estimate of drug-likeness (QED) is 0.666. The third-order valence-electron chi connectivity index (χ3n) is 4.02. The highest BCUT2D eigenvalue weighted by Gasteiger charge is 2.35. The van der Waals surface area contributed by atoms with Crippen molar-refractivity contribution in [3.63, 3.8) is 0 Å². The second-order valence-corrected chi connectivity index (χ2v) is 6.00. The first kappa shape index (κ1) is 19.5. The fraction of sp³-hybridized carbons (Fsp3) is 0.200. The number of nitrogens with one attached hydrogen (secondary N) is 1. The highest BCUT2D eigenvalue weighted by Crippen LogP contribution is 2.36. The van der Waals surface area contributed by atoms with Crippen LogP contribution in [0.5, 0.6) is 5.75 Å². The zero-order valence-electron chi connectivity index (χ0n) is 15.0. The summed E-state index contributed by atoms with van der Waals surface area (Å²) >= 11 is 0. The van der Waals surface area contributed by atoms with Gasteiger partial charge < -0.3 is 10.1 Å². The van der Waals surface area contributed by atoms with Gasteiger partial charge in [-0.2, -0.15) is 18.3 Å². The van der Waals surface area contributed by atoms with Gasteiger partial charge in [0.15, 0.2) is 6.10 Å². The molecule has 3 aromatic rings. The topological polar surface area (TPSA) is 56.1 Å². The molecule has 0 aliphatic heterocycles. The van der Waals surface area contributed by atoms with Gasteiger partial charge in [-0.1, -0.05) is 25.1 Å². The fourth-order valence-corrected chi connectivity index (χ4v) is 2.64. The summed E-state index contributed by atoms with van der Waals surface area (Å²) in [4.78, 5) is 12.5. The second-order valence-electron chi connectivity index (χ2n) is 6.00. The number of aromatic nitrogens is 2. The van der Waals surface area contributed by atoms with Crippen molar-refractivity contribution in [2.24, 2.45) is 0 Å². The first-order chi connectivity index (χ1) is 13.4. The number of amides is 1. The number of para-hydroxylation sites is 1. The highest BCUT2D eigenvalue weighted by atomic mass is 19.4. The summed E-state index contributed by atoms with van der Waals surface area (Å²) < 4.78 is 47.5. The van der Waals surface area contributed by atoms with E-state index in [9.17, 15) is 18.0 Å². The van der Waals surface area contributed by atoms with Gasteiger partial charge in [-0.3, -0.25) is 4.79 Å². The van der Waals surface area contributed by atoms with E-state index in [2.05, 4.69) is 10.4 Å². The number of carbonyl (C=O) groups excluding carboxylic acids is 1. The van der Waals surface area contributed by atoms with Gasteiger partial charge in [-0.15, -0.1) is 0 Å². The zero-order valence-corrected chi connectivity index (χ0v) is 15.0. The number of anilines is 1. The van der Waals surface area contributed by atoms with Gasteiger partial charge in [0.05, 0.1) is 16.9 Å². The van der Waals surface area contributed by atoms with Crippen LogP contribution in [0.4, 0.5) is 18.9 Å². The molecule has 1 amide bonds. The summed E-state index contributed by atoms with van der Waals surface area (Å²) in [6, 6.07) is 13.9. The Morgan fingerprint density at radius 2 is 1.93 bits per heavy atom. The number of hydrogen-bond donors (Lipinski definition) is 1. The van der Waals surface area contributed by atoms with Crippen molar-refractivity contribution in [2.75, 3.05) is 5.32 Å². The molecule has 5 nitrogen and oxygen atoms in total. The van der Waals surface area contributed by atoms with Crippen molar-refractivity contribution < 1.29 is 22.7 Å². The Hall–Kier alpha value is -3.29. The molecule has 0 bridgehead atoms. The lowest BCUT2D eigenvalue weighted by Crippen LogP contribution is -2.33. The van der Waals surface area contributed by atoms with Crippen molar-refractivity contribution in [3.05, 3.63) is 72.6 Å². The van der Waals surface area contributed by atoms with E-state index in [1.807, 2.05) is 0 Å². The summed E-state index contributed by atoms with van der Waals surface area (Å²) in [5.74, 6) is -0.182. The van der Waals surface area contributed by atoms with Gasteiger partial charge in [-0.05, 0) is 42.8 Å². The van der Waals surface area contributed by atoms with Crippen molar-refractivity contribution in [1.29, 1.82) is 0 Å². The van der Waals surface area contributed by atoms with Crippen molar-refractivity contribution >= 4 is 11.6 Å². The average molecular weight is 389 g/mol. The Morgan fingerprint density at radius 3 is 2.54 bits per heavy atom. The molecular weight excluding hydrogens is 371 g/mol. The van der Waals surface area contributed by atoms with Crippen molar-refractivity contribution in [2.45, 2.75) is 25.6 Å². The number of benzene rings is 2. The lowest BCUT2D eigenvalue weighted by atomic mass is 10.1. The summed E-state index contributed by atoms with van der Waals surface area (Å²) in [5, 5.41) is 6.28. The van der Waals surface area contributed by atoms with Crippen molar-refractivity contribution in [3.8, 4) is 11.4 Å². The number of halogens is 3. The number of hydrogen-bond acceptors (Lipinski definition) is 3. The van der Waals surface area contributed by atoms with Gasteiger partial charge in [0.1, 0.15) is 5.75 Å². The average Bonchev–Trinajstić information content (AvgIpc) is 3.21. The molecule has 0 unspecified atom stereocenters. The lowest BCUT2D eigenvalue weighted by molar-refractivity contribution is -0.137. The second kappa shape index (κ2) is 8.16. The van der Waals surface area contributed by atoms with Gasteiger partial charge in [0.25, 0.3) is 5.91 Å². The Bertz CT molecular complexity index is 926. The molecule has 1 N–H and O–H groups in total. The van der Waals surface area contributed by atoms with E-state index in [-0.39, 0.29) is 11.4 Å². The molecule has 0 aliphatic rings. The van der Waals surface area contributed by atoms with Gasteiger partial charge in [0.2, 0.25) is 0 Å². The van der Waals surface area contributed by atoms with Gasteiger partial charge >= 0.3 is 6.18 Å². The smallest absolute Gasteiger partial charge is 0.418 e. The Morgan fingerprint density at radius 1 is 1.18 bits per heavy atom. The molecule has 0 fully saturated rings. The molecule has 0 saturated heterocycles. The van der Waals surface area contributed by atoms with Crippen LogP contribution >= 0.6 is 0 Å². The van der Waals surface area contributed by atoms with E-state index >= 15 is 0 Å². The van der Waals surface area contributed by atoms with Crippen LogP contribution in [-0.4, -0.2) is 21.8 Å². The monoisotopic (exact) mass is 389 g/mol. The van der Waals surface area contributed by atoms with Gasteiger partial charge in [-0.25, -0.2) is 4.68 Å². The first-order valence-electron chi connectivity index (χ1n) is 8.62. The van der Waals surface area contributed by atoms with E-state index in [1.54, 1.807) is 43.3 Å². The van der Waals surface area contributed by atoms with Gasteiger partial charge in [0, 0.05) is 12.4 Å². The van der Waals surface area contributed by atoms with E-state index < -0.39 is 23.8 Å². The van der Waals surface area contributed by atoms with Crippen LogP contribution in [0.2, 0.25) is 0 Å². The summed E-state index contributed by atoms with van der Waals surface area (Å²) in [6.07, 6.45) is -2.26. The Labute approximate surface area is 159 Å². The molecule has 2 aromatic carbocycles. The molecular formula is C20H18F3N3O2. The fourth-order valence-electron chi connectivity index (χ4n) is 2.64. The maximum atomic E-state index is 13.5. The zero-order chi connectivity index (χ0) is 20.1. The van der Waals surface area contributed by atoms with E-state index in [0.717, 1.165) is 6.07 Å². The van der Waals surface area contributed by atoms with E-state index in [4.69, 9.17) is 4.74 Å². The molecule has 1 atom stereocenters. The third kappa shape index (κ3) is 4.51. The van der Waals surface area contributed by atoms with Crippen LogP contribution in [0.1, 0.15) is 18.9 Å². The minimum Gasteiger partial charge on any atom is -0.481 e. The molecule has 3 rings (SSSR count). The van der Waals surface area contributed by atoms with E-state index in [1.165, 1.54) is 29.2 Å². The summed E-state index contributed by atoms with van der Waals surface area (Å²) in [7, 11) is 0. The molecule has 1 aromatic heterocycles. The normalized spacial score (nSPS) is 12.4. The maximum Gasteiger partial charge on any atom is 0.418 e. The largest absolute Gasteiger partial charge is 0.481 e. The maximum absolute atomic E-state index is 13.5. The van der Waals surface area contributed by atoms with E-state index in [0.29, 0.717) is 12.2 Å². The number of alkyl halides is 3. The number of carbonyl (C=O) groups is 1. The Balaban J connectivity index is 1.84. The molecule has 8 heteroatoms. The minimum atomic E-state index is -4.65. The SMILES string of the molecule is CC[C@@H](Oc1ccccc1)C(=O)Nc1ccc(-n2cccn2)cc1C(F)(F)F. The van der Waals surface area contributed by atoms with Crippen LogP contribution in [0, 0.1) is 0 Å². The molecule has 146 valence electrons. The molecule has 0 saturated carbocycles. The molecule has 1 heterocycles. The summed E-state index contributed by atoms with van der Waals surface area (Å²) in [6.45, 7) is 1.72. The van der Waals surface area contributed by atoms with Crippen LogP contribution in [0.3, 0.4) is 0 Å². The number of rotatable bonds is 6. The van der Waals surface area contributed by atoms with Crippen LogP contribution in [-0.2, 0) is 11.0 Å². The third-order valence-corrected chi connectivity index (χ3v) is 4.02. The molecule has 28 heavy (non-hydrogen) atoms. The minimum absolute atomic E-state index is 0.239. The number of ether oxygens (including phenoxy) is 1. The van der Waals surface area contributed by atoms with Crippen molar-refractivity contribution in [1.82, 2.24) is 9.78 Å². The molecule has 0 spiro atoms. The predicted molar refractivity (Wildman–Crippen MR) is 98.3 cm³/mol. The van der Waals surface area contributed by atoms with Crippen LogP contribution in [0.15, 0.2) is 67.0 Å². The lowest BCUT2D eigenvalue weighted by Gasteiger charge is -2.20. The summed E-state index contributed by atoms with van der Waals surface area (Å²) in [5.41, 5.74) is -1.05. The molecule has 0 radical (unpaired) electrons. The Kier molecular flexibility index (Phi) is 5.67. The predicted octanol–water partition coefficient (Wildman–Crippen LogP) is 4.69. The highest BCUT2D eigenvalue weighted by molar-refractivity contribution is 5.95. The number of nitrogens with zero attached hydrogens (tertiary/aromatic N) is 2. The first-order valence-corrected chi connectivity index (χ1v) is 8.62.